The second-order valence-corrected chi connectivity index (χ2v) is 9.38. The first kappa shape index (κ1) is 21.1. The van der Waals surface area contributed by atoms with Crippen LogP contribution in [-0.4, -0.2) is 59.4 Å². The van der Waals surface area contributed by atoms with Gasteiger partial charge in [-0.05, 0) is 67.9 Å². The summed E-state index contributed by atoms with van der Waals surface area (Å²) in [6, 6.07) is 2.26. The van der Waals surface area contributed by atoms with E-state index in [1.54, 1.807) is 18.0 Å². The molecule has 6 rings (SSSR count). The molecule has 0 bridgehead atoms. The second kappa shape index (κ2) is 7.77. The molecule has 34 heavy (non-hydrogen) atoms. The fraction of sp³-hybridized carbons (Fsp3) is 0.321. The van der Waals surface area contributed by atoms with Gasteiger partial charge in [-0.3, -0.25) is 14.6 Å². The predicted octanol–water partition coefficient (Wildman–Crippen LogP) is 3.05. The van der Waals surface area contributed by atoms with Gasteiger partial charge in [0.15, 0.2) is 5.78 Å². The molecule has 0 radical (unpaired) electrons. The Morgan fingerprint density at radius 2 is 1.94 bits per heavy atom. The van der Waals surface area contributed by atoms with E-state index in [1.807, 2.05) is 18.5 Å². The van der Waals surface area contributed by atoms with Crippen molar-refractivity contribution in [3.63, 3.8) is 0 Å². The van der Waals surface area contributed by atoms with Crippen LogP contribution in [-0.2, 0) is 17.6 Å². The van der Waals surface area contributed by atoms with E-state index >= 15 is 0 Å². The van der Waals surface area contributed by atoms with Crippen molar-refractivity contribution in [1.29, 1.82) is 0 Å². The number of benzene rings is 2. The van der Waals surface area contributed by atoms with Crippen LogP contribution in [0.2, 0.25) is 0 Å². The number of carbonyl (C=O) groups is 2. The van der Waals surface area contributed by atoms with Crippen LogP contribution in [0.15, 0.2) is 17.1 Å². The number of nitrogens with one attached hydrogen (secondary N) is 1. The van der Waals surface area contributed by atoms with Crippen molar-refractivity contribution in [3.8, 4) is 0 Å². The van der Waals surface area contributed by atoms with Gasteiger partial charge in [-0.1, -0.05) is 13.8 Å². The Morgan fingerprint density at radius 1 is 1.12 bits per heavy atom. The molecule has 0 saturated carbocycles. The largest absolute Gasteiger partial charge is 0.354 e. The van der Waals surface area contributed by atoms with Gasteiger partial charge in [0.25, 0.3) is 5.91 Å². The molecule has 6 nitrogen and oxygen atoms in total. The van der Waals surface area contributed by atoms with Crippen molar-refractivity contribution in [2.75, 3.05) is 26.7 Å². The Morgan fingerprint density at radius 3 is 2.74 bits per heavy atom. The van der Waals surface area contributed by atoms with Crippen LogP contribution < -0.4 is 10.4 Å². The number of amides is 1. The Hall–Kier alpha value is -3.51. The molecule has 1 aliphatic carbocycles. The zero-order chi connectivity index (χ0) is 23.6. The summed E-state index contributed by atoms with van der Waals surface area (Å²) >= 11 is 0. The van der Waals surface area contributed by atoms with Gasteiger partial charge in [0.2, 0.25) is 0 Å². The molecule has 0 fully saturated rings. The van der Waals surface area contributed by atoms with Crippen LogP contribution in [0.5, 0.6) is 0 Å². The molecule has 0 atom stereocenters. The summed E-state index contributed by atoms with van der Waals surface area (Å²) in [6.45, 7) is 7.55. The Bertz CT molecular complexity index is 1580. The van der Waals surface area contributed by atoms with Gasteiger partial charge in [-0.2, -0.15) is 0 Å². The lowest BCUT2D eigenvalue weighted by Gasteiger charge is -2.18. The number of carbonyl (C=O) groups excluding carboxylic acids is 2. The standard InChI is InChI=1S/C28H28N4O2/c1-4-32(5-2)12-6-7-16-13-17-10-11-29-26(17)24-20-15-31(3)28(34)25(20)23-19-14-18(33)8-9-21(19)30-27(23)22(16)24/h8-11,13,15,30H,4-7,12,14H2,1-3H3. The summed E-state index contributed by atoms with van der Waals surface area (Å²) in [5.41, 5.74) is 5.70. The summed E-state index contributed by atoms with van der Waals surface area (Å²) in [5.74, 6) is 0.0370. The van der Waals surface area contributed by atoms with Gasteiger partial charge in [0.05, 0.1) is 16.8 Å². The second-order valence-electron chi connectivity index (χ2n) is 9.38. The maximum atomic E-state index is 13.3. The highest BCUT2D eigenvalue weighted by atomic mass is 16.2. The maximum absolute atomic E-state index is 13.3. The van der Waals surface area contributed by atoms with Crippen LogP contribution in [0, 0.1) is 0 Å². The lowest BCUT2D eigenvalue weighted by Crippen LogP contribution is -2.24. The number of aromatic amines is 1. The SMILES string of the molecule is CCN(CC)CCCc1cc2c(c3c4c(c5c6c([nH]c5c13)C=CC(=O)C6)C(=O)N(C)C=4)N=CC=2. The molecule has 0 unspecified atom stereocenters. The monoisotopic (exact) mass is 452 g/mol. The normalized spacial score (nSPS) is 15.9. The van der Waals surface area contributed by atoms with E-state index in [9.17, 15) is 9.59 Å². The van der Waals surface area contributed by atoms with E-state index in [1.165, 1.54) is 5.56 Å². The molecule has 6 heteroatoms. The lowest BCUT2D eigenvalue weighted by molar-refractivity contribution is -0.114. The number of hydrogen-bond donors (Lipinski definition) is 1. The van der Waals surface area contributed by atoms with Crippen LogP contribution in [0.25, 0.3) is 40.0 Å². The molecule has 3 heterocycles. The third kappa shape index (κ3) is 2.95. The fourth-order valence-electron chi connectivity index (χ4n) is 5.78. The minimum absolute atomic E-state index is 0.0302. The van der Waals surface area contributed by atoms with E-state index in [0.717, 1.165) is 81.5 Å². The Balaban J connectivity index is 1.69. The van der Waals surface area contributed by atoms with Crippen LogP contribution >= 0.6 is 0 Å². The highest BCUT2D eigenvalue weighted by Gasteiger charge is 2.31. The molecule has 2 aliphatic heterocycles. The lowest BCUT2D eigenvalue weighted by atomic mass is 9.90. The van der Waals surface area contributed by atoms with Crippen LogP contribution in [0.4, 0.5) is 5.69 Å². The topological polar surface area (TPSA) is 68.8 Å². The van der Waals surface area contributed by atoms with E-state index in [0.29, 0.717) is 12.0 Å². The third-order valence-corrected chi connectivity index (χ3v) is 7.50. The molecule has 172 valence electrons. The highest BCUT2D eigenvalue weighted by Crippen LogP contribution is 2.38. The molecular formula is C28H28N4O2. The summed E-state index contributed by atoms with van der Waals surface area (Å²) in [5, 5.41) is 5.10. The number of fused-ring (bicyclic) bond motifs is 10. The number of allylic oxidation sites excluding steroid dienone is 1. The molecule has 2 aromatic carbocycles. The smallest absolute Gasteiger partial charge is 0.258 e. The van der Waals surface area contributed by atoms with Gasteiger partial charge in [-0.25, -0.2) is 0 Å². The number of H-pyrrole nitrogens is 1. The zero-order valence-electron chi connectivity index (χ0n) is 19.9. The molecule has 1 aromatic heterocycles. The summed E-state index contributed by atoms with van der Waals surface area (Å²) < 4.78 is 0. The van der Waals surface area contributed by atoms with Crippen molar-refractivity contribution in [2.45, 2.75) is 33.1 Å². The number of aliphatic imine (C=N–C) groups is 1. The average Bonchev–Trinajstić information content (AvgIpc) is 3.52. The van der Waals surface area contributed by atoms with Crippen LogP contribution in [0.1, 0.15) is 47.4 Å². The zero-order valence-corrected chi connectivity index (χ0v) is 19.9. The first-order valence-electron chi connectivity index (χ1n) is 12.1. The molecule has 3 aromatic rings. The van der Waals surface area contributed by atoms with Crippen molar-refractivity contribution >= 4 is 63.6 Å². The number of rotatable bonds is 6. The number of aryl methyl sites for hydroxylation is 1. The first-order chi connectivity index (χ1) is 16.5. The van der Waals surface area contributed by atoms with Gasteiger partial charge >= 0.3 is 0 Å². The van der Waals surface area contributed by atoms with Gasteiger partial charge in [0, 0.05) is 58.2 Å². The predicted molar refractivity (Wildman–Crippen MR) is 138 cm³/mol. The van der Waals surface area contributed by atoms with E-state index in [-0.39, 0.29) is 11.7 Å². The van der Waals surface area contributed by atoms with Gasteiger partial charge in [0.1, 0.15) is 0 Å². The van der Waals surface area contributed by atoms with E-state index < -0.39 is 0 Å². The number of aromatic nitrogens is 1. The molecule has 1 N–H and O–H groups in total. The first-order valence-corrected chi connectivity index (χ1v) is 12.1. The van der Waals surface area contributed by atoms with Crippen LogP contribution in [0.3, 0.4) is 0 Å². The third-order valence-electron chi connectivity index (χ3n) is 7.50. The Kier molecular flexibility index (Phi) is 4.81. The van der Waals surface area contributed by atoms with E-state index in [4.69, 9.17) is 4.99 Å². The number of nitrogens with zero attached hydrogens (tertiary/aromatic N) is 3. The highest BCUT2D eigenvalue weighted by molar-refractivity contribution is 6.24. The van der Waals surface area contributed by atoms with Crippen molar-refractivity contribution in [3.05, 3.63) is 45.0 Å². The molecule has 1 amide bonds. The summed E-state index contributed by atoms with van der Waals surface area (Å²) in [4.78, 5) is 38.1. The molecule has 3 aliphatic rings. The van der Waals surface area contributed by atoms with Gasteiger partial charge < -0.3 is 14.8 Å². The summed E-state index contributed by atoms with van der Waals surface area (Å²) in [7, 11) is 1.80. The van der Waals surface area contributed by atoms with Crippen molar-refractivity contribution in [2.24, 2.45) is 4.99 Å². The number of hydrogen-bond acceptors (Lipinski definition) is 4. The maximum Gasteiger partial charge on any atom is 0.258 e. The van der Waals surface area contributed by atoms with Crippen molar-refractivity contribution < 1.29 is 9.59 Å². The quantitative estimate of drug-likeness (QED) is 0.625. The van der Waals surface area contributed by atoms with Crippen molar-refractivity contribution in [1.82, 2.24) is 14.8 Å². The average molecular weight is 453 g/mol. The molecule has 0 spiro atoms. The molecule has 0 saturated heterocycles. The minimum Gasteiger partial charge on any atom is -0.354 e. The summed E-state index contributed by atoms with van der Waals surface area (Å²) in [6.07, 6.45) is 11.6. The van der Waals surface area contributed by atoms with Gasteiger partial charge in [-0.15, -0.1) is 0 Å². The number of ketones is 1. The Labute approximate surface area is 197 Å². The minimum atomic E-state index is -0.0302. The fourth-order valence-corrected chi connectivity index (χ4v) is 5.78. The molecular weight excluding hydrogens is 424 g/mol. The van der Waals surface area contributed by atoms with E-state index in [2.05, 4.69) is 35.9 Å².